The number of amidine groups is 1. The van der Waals surface area contributed by atoms with Crippen molar-refractivity contribution in [3.63, 3.8) is 0 Å². The minimum atomic E-state index is -0.0675. The average molecular weight is 299 g/mol. The molecule has 2 aliphatic heterocycles. The molecule has 1 aromatic rings. The first kappa shape index (κ1) is 10.7. The predicted molar refractivity (Wildman–Crippen MR) is 65.4 cm³/mol. The third-order valence-electron chi connectivity index (χ3n) is 2.68. The molecule has 1 atom stereocenters. The highest BCUT2D eigenvalue weighted by atomic mass is 79.9. The van der Waals surface area contributed by atoms with E-state index >= 15 is 0 Å². The molecule has 0 bridgehead atoms. The topological polar surface area (TPSA) is 66.1 Å². The maximum atomic E-state index is 5.56. The number of fused-ring (bicyclic) bond motifs is 1. The van der Waals surface area contributed by atoms with Gasteiger partial charge >= 0.3 is 0 Å². The van der Waals surface area contributed by atoms with Crippen LogP contribution in [0.5, 0.6) is 11.5 Å². The summed E-state index contributed by atoms with van der Waals surface area (Å²) in [4.78, 5) is 4.20. The second-order valence-corrected chi connectivity index (χ2v) is 4.68. The van der Waals surface area contributed by atoms with Crippen LogP contribution in [-0.4, -0.2) is 25.8 Å². The Kier molecular flexibility index (Phi) is 2.58. The van der Waals surface area contributed by atoms with Gasteiger partial charge in [-0.2, -0.15) is 0 Å². The summed E-state index contributed by atoms with van der Waals surface area (Å²) in [6.45, 7) is 1.61. The van der Waals surface area contributed by atoms with Gasteiger partial charge in [0.05, 0.1) is 4.47 Å². The van der Waals surface area contributed by atoms with Crippen LogP contribution in [0.25, 0.3) is 0 Å². The van der Waals surface area contributed by atoms with Gasteiger partial charge in [0.25, 0.3) is 6.02 Å². The summed E-state index contributed by atoms with van der Waals surface area (Å²) in [5.41, 5.74) is 6.50. The van der Waals surface area contributed by atoms with E-state index in [1.807, 2.05) is 12.1 Å². The zero-order valence-corrected chi connectivity index (χ0v) is 10.6. The molecule has 1 unspecified atom stereocenters. The Hall–Kier alpha value is -1.43. The van der Waals surface area contributed by atoms with E-state index in [0.29, 0.717) is 19.8 Å². The molecule has 0 spiro atoms. The van der Waals surface area contributed by atoms with Crippen LogP contribution in [0.4, 0.5) is 0 Å². The zero-order valence-electron chi connectivity index (χ0n) is 8.98. The van der Waals surface area contributed by atoms with Crippen molar-refractivity contribution in [1.29, 1.82) is 0 Å². The van der Waals surface area contributed by atoms with Crippen molar-refractivity contribution in [2.24, 2.45) is 10.7 Å². The van der Waals surface area contributed by atoms with Crippen molar-refractivity contribution in [2.75, 3.05) is 19.8 Å². The molecule has 2 N–H and O–H groups in total. The molecular formula is C11H11BrN2O3. The number of nitrogens with zero attached hydrogens (tertiary/aromatic N) is 1. The Balaban J connectivity index is 1.99. The van der Waals surface area contributed by atoms with Crippen molar-refractivity contribution in [2.45, 2.75) is 6.04 Å². The average Bonchev–Trinajstić information content (AvgIpc) is 2.76. The van der Waals surface area contributed by atoms with Crippen LogP contribution in [0.2, 0.25) is 0 Å². The lowest BCUT2D eigenvalue weighted by atomic mass is 10.1. The number of rotatable bonds is 1. The van der Waals surface area contributed by atoms with Gasteiger partial charge in [-0.3, -0.25) is 0 Å². The molecule has 0 radical (unpaired) electrons. The third-order valence-corrected chi connectivity index (χ3v) is 3.27. The Morgan fingerprint density at radius 3 is 2.82 bits per heavy atom. The maximum absolute atomic E-state index is 5.56. The molecule has 0 saturated heterocycles. The molecular weight excluding hydrogens is 288 g/mol. The van der Waals surface area contributed by atoms with E-state index in [1.54, 1.807) is 0 Å². The first-order valence-corrected chi connectivity index (χ1v) is 6.08. The minimum Gasteiger partial charge on any atom is -0.486 e. The summed E-state index contributed by atoms with van der Waals surface area (Å²) in [5, 5.41) is 0. The molecule has 6 heteroatoms. The lowest BCUT2D eigenvalue weighted by molar-refractivity contribution is 0.170. The summed E-state index contributed by atoms with van der Waals surface area (Å²) in [7, 11) is 0. The fourth-order valence-corrected chi connectivity index (χ4v) is 2.46. The first-order chi connectivity index (χ1) is 8.24. The Bertz CT molecular complexity index is 490. The first-order valence-electron chi connectivity index (χ1n) is 5.29. The number of hydrogen-bond acceptors (Lipinski definition) is 5. The van der Waals surface area contributed by atoms with Crippen LogP contribution in [0.1, 0.15) is 11.6 Å². The lowest BCUT2D eigenvalue weighted by Gasteiger charge is -2.21. The quantitative estimate of drug-likeness (QED) is 0.855. The van der Waals surface area contributed by atoms with Gasteiger partial charge in [-0.15, -0.1) is 0 Å². The number of ether oxygens (including phenoxy) is 3. The van der Waals surface area contributed by atoms with E-state index in [4.69, 9.17) is 19.9 Å². The van der Waals surface area contributed by atoms with Crippen LogP contribution in [0.15, 0.2) is 21.6 Å². The van der Waals surface area contributed by atoms with Crippen LogP contribution in [0.3, 0.4) is 0 Å². The van der Waals surface area contributed by atoms with Crippen LogP contribution >= 0.6 is 15.9 Å². The Morgan fingerprint density at radius 1 is 1.24 bits per heavy atom. The molecule has 1 aromatic carbocycles. The monoisotopic (exact) mass is 298 g/mol. The Labute approximate surface area is 107 Å². The van der Waals surface area contributed by atoms with Crippen molar-refractivity contribution in [1.82, 2.24) is 0 Å². The zero-order chi connectivity index (χ0) is 11.8. The second kappa shape index (κ2) is 4.10. The van der Waals surface area contributed by atoms with Gasteiger partial charge in [0.15, 0.2) is 11.5 Å². The Morgan fingerprint density at radius 2 is 2.06 bits per heavy atom. The summed E-state index contributed by atoms with van der Waals surface area (Å²) in [6.07, 6.45) is 0. The number of nitrogens with two attached hydrogens (primary N) is 1. The van der Waals surface area contributed by atoms with Gasteiger partial charge in [-0.05, 0) is 33.6 Å². The molecule has 2 heterocycles. The number of hydrogen-bond donors (Lipinski definition) is 1. The maximum Gasteiger partial charge on any atom is 0.282 e. The van der Waals surface area contributed by atoms with Gasteiger partial charge < -0.3 is 19.9 Å². The summed E-state index contributed by atoms with van der Waals surface area (Å²) >= 11 is 3.47. The molecule has 0 aromatic heterocycles. The molecule has 0 fully saturated rings. The normalized spacial score (nSPS) is 21.9. The molecule has 2 aliphatic rings. The summed E-state index contributed by atoms with van der Waals surface area (Å²) in [5.74, 6) is 1.48. The van der Waals surface area contributed by atoms with Crippen LogP contribution < -0.4 is 15.2 Å². The minimum absolute atomic E-state index is 0.0675. The van der Waals surface area contributed by atoms with Crippen LogP contribution in [-0.2, 0) is 4.74 Å². The fraction of sp³-hybridized carbons (Fsp3) is 0.364. The largest absolute Gasteiger partial charge is 0.486 e. The molecule has 0 aliphatic carbocycles. The van der Waals surface area contributed by atoms with Gasteiger partial charge in [-0.1, -0.05) is 0 Å². The van der Waals surface area contributed by atoms with Crippen LogP contribution in [0, 0.1) is 0 Å². The van der Waals surface area contributed by atoms with E-state index in [2.05, 4.69) is 20.9 Å². The van der Waals surface area contributed by atoms with Gasteiger partial charge in [0.1, 0.15) is 25.9 Å². The summed E-state index contributed by atoms with van der Waals surface area (Å²) < 4.78 is 17.1. The highest BCUT2D eigenvalue weighted by molar-refractivity contribution is 9.10. The smallest absolute Gasteiger partial charge is 0.282 e. The molecule has 17 heavy (non-hydrogen) atoms. The molecule has 0 amide bonds. The van der Waals surface area contributed by atoms with E-state index in [0.717, 1.165) is 21.5 Å². The standard InChI is InChI=1S/C11H11BrN2O3/c12-7-3-6(8-5-17-11(13)14-8)4-9-10(7)16-2-1-15-9/h3-4,8H,1-2,5H2,(H2,13,14). The highest BCUT2D eigenvalue weighted by Gasteiger charge is 2.23. The molecule has 0 saturated carbocycles. The van der Waals surface area contributed by atoms with Crippen molar-refractivity contribution in [3.8, 4) is 11.5 Å². The van der Waals surface area contributed by atoms with E-state index in [9.17, 15) is 0 Å². The fourth-order valence-electron chi connectivity index (χ4n) is 1.89. The number of halogens is 1. The van der Waals surface area contributed by atoms with Crippen molar-refractivity contribution >= 4 is 22.0 Å². The van der Waals surface area contributed by atoms with E-state index in [1.165, 1.54) is 0 Å². The summed E-state index contributed by atoms with van der Waals surface area (Å²) in [6, 6.07) is 4.06. The predicted octanol–water partition coefficient (Wildman–Crippen LogP) is 1.61. The van der Waals surface area contributed by atoms with Crippen molar-refractivity contribution in [3.05, 3.63) is 22.2 Å². The van der Waals surface area contributed by atoms with Gasteiger partial charge in [-0.25, -0.2) is 4.99 Å². The third kappa shape index (κ3) is 1.93. The second-order valence-electron chi connectivity index (χ2n) is 3.82. The van der Waals surface area contributed by atoms with Crippen molar-refractivity contribution < 1.29 is 14.2 Å². The SMILES string of the molecule is NC1=NC(c2cc(Br)c3c(c2)OCCO3)CO1. The lowest BCUT2D eigenvalue weighted by Crippen LogP contribution is -2.16. The van der Waals surface area contributed by atoms with Gasteiger partial charge in [0.2, 0.25) is 0 Å². The van der Waals surface area contributed by atoms with E-state index in [-0.39, 0.29) is 12.1 Å². The molecule has 90 valence electrons. The molecule has 5 nitrogen and oxygen atoms in total. The molecule has 3 rings (SSSR count). The van der Waals surface area contributed by atoms with Gasteiger partial charge in [0, 0.05) is 0 Å². The number of aliphatic imine (C=N–C) groups is 1. The highest BCUT2D eigenvalue weighted by Crippen LogP contribution is 2.40. The number of benzene rings is 1. The van der Waals surface area contributed by atoms with E-state index < -0.39 is 0 Å².